The summed E-state index contributed by atoms with van der Waals surface area (Å²) in [6.45, 7) is 4.10. The summed E-state index contributed by atoms with van der Waals surface area (Å²) < 4.78 is 9.75. The first-order chi connectivity index (χ1) is 6.72. The minimum absolute atomic E-state index is 0.152. The molecule has 0 bridgehead atoms. The van der Waals surface area contributed by atoms with Crippen molar-refractivity contribution in [2.75, 3.05) is 12.4 Å². The van der Waals surface area contributed by atoms with E-state index in [1.165, 1.54) is 23.3 Å². The van der Waals surface area contributed by atoms with E-state index in [1.54, 1.807) is 6.92 Å². The molecule has 1 aromatic heterocycles. The first-order valence-corrected chi connectivity index (χ1v) is 6.07. The fourth-order valence-corrected chi connectivity index (χ4v) is 2.43. The number of ether oxygens (including phenoxy) is 1. The summed E-state index contributed by atoms with van der Waals surface area (Å²) >= 11 is 2.90. The molecule has 78 valence electrons. The Morgan fingerprint density at radius 3 is 3.00 bits per heavy atom. The Kier molecular flexibility index (Phi) is 4.89. The Bertz CT molecular complexity index is 301. The Morgan fingerprint density at radius 1 is 1.64 bits per heavy atom. The van der Waals surface area contributed by atoms with Crippen LogP contribution in [0.1, 0.15) is 19.2 Å². The van der Waals surface area contributed by atoms with E-state index in [-0.39, 0.29) is 5.97 Å². The summed E-state index contributed by atoms with van der Waals surface area (Å²) in [5, 5.41) is 0. The van der Waals surface area contributed by atoms with E-state index in [4.69, 9.17) is 4.74 Å². The van der Waals surface area contributed by atoms with E-state index in [0.717, 1.165) is 10.2 Å². The molecule has 1 heterocycles. The van der Waals surface area contributed by atoms with Crippen molar-refractivity contribution < 1.29 is 9.53 Å². The lowest BCUT2D eigenvalue weighted by Crippen LogP contribution is -2.04. The highest BCUT2D eigenvalue weighted by Crippen LogP contribution is 2.20. The van der Waals surface area contributed by atoms with Gasteiger partial charge >= 0.3 is 5.97 Å². The molecule has 0 fully saturated rings. The minimum atomic E-state index is -0.152. The molecule has 0 aromatic carbocycles. The number of aryl methyl sites for hydroxylation is 1. The van der Waals surface area contributed by atoms with Crippen molar-refractivity contribution in [3.8, 4) is 0 Å². The Hall–Kier alpha value is -0.620. The molecule has 0 aliphatic heterocycles. The van der Waals surface area contributed by atoms with Crippen LogP contribution in [-0.2, 0) is 9.53 Å². The first-order valence-electron chi connectivity index (χ1n) is 4.31. The van der Waals surface area contributed by atoms with Gasteiger partial charge in [0.25, 0.3) is 0 Å². The van der Waals surface area contributed by atoms with Crippen LogP contribution in [0, 0.1) is 6.92 Å². The average molecular weight is 232 g/mol. The molecular formula is C8H12N2O2S2. The number of esters is 1. The van der Waals surface area contributed by atoms with E-state index in [0.29, 0.717) is 18.8 Å². The van der Waals surface area contributed by atoms with Gasteiger partial charge in [0.2, 0.25) is 0 Å². The van der Waals surface area contributed by atoms with Gasteiger partial charge in [-0.15, -0.1) is 0 Å². The van der Waals surface area contributed by atoms with Gasteiger partial charge in [0.05, 0.1) is 13.0 Å². The van der Waals surface area contributed by atoms with Crippen molar-refractivity contribution >= 4 is 29.3 Å². The molecule has 0 spiro atoms. The van der Waals surface area contributed by atoms with Gasteiger partial charge < -0.3 is 4.74 Å². The van der Waals surface area contributed by atoms with E-state index < -0.39 is 0 Å². The van der Waals surface area contributed by atoms with Crippen molar-refractivity contribution in [3.63, 3.8) is 0 Å². The number of carbonyl (C=O) groups is 1. The zero-order chi connectivity index (χ0) is 10.4. The monoisotopic (exact) mass is 232 g/mol. The molecule has 0 saturated carbocycles. The molecule has 0 atom stereocenters. The van der Waals surface area contributed by atoms with Crippen molar-refractivity contribution in [1.29, 1.82) is 0 Å². The van der Waals surface area contributed by atoms with Gasteiger partial charge in [-0.1, -0.05) is 11.8 Å². The molecule has 0 N–H and O–H groups in total. The lowest BCUT2D eigenvalue weighted by Gasteiger charge is -1.99. The van der Waals surface area contributed by atoms with Crippen LogP contribution in [0.15, 0.2) is 4.34 Å². The predicted octanol–water partition coefficient (Wildman–Crippen LogP) is 1.89. The standard InChI is InChI=1S/C8H12N2O2S2/c1-3-12-7(11)4-5-13-8-9-6(2)10-14-8/h3-5H2,1-2H3. The summed E-state index contributed by atoms with van der Waals surface area (Å²) in [5.41, 5.74) is 0. The maximum atomic E-state index is 11.0. The number of hydrogen-bond donors (Lipinski definition) is 0. The van der Waals surface area contributed by atoms with Crippen molar-refractivity contribution in [3.05, 3.63) is 5.82 Å². The highest BCUT2D eigenvalue weighted by molar-refractivity contribution is 8.00. The van der Waals surface area contributed by atoms with E-state index >= 15 is 0 Å². The van der Waals surface area contributed by atoms with E-state index in [2.05, 4.69) is 9.36 Å². The summed E-state index contributed by atoms with van der Waals surface area (Å²) in [6, 6.07) is 0. The molecule has 0 radical (unpaired) electrons. The fraction of sp³-hybridized carbons (Fsp3) is 0.625. The molecule has 6 heteroatoms. The minimum Gasteiger partial charge on any atom is -0.466 e. The number of nitrogens with zero attached hydrogens (tertiary/aromatic N) is 2. The van der Waals surface area contributed by atoms with Gasteiger partial charge in [0.1, 0.15) is 5.82 Å². The quantitative estimate of drug-likeness (QED) is 0.573. The molecule has 14 heavy (non-hydrogen) atoms. The van der Waals surface area contributed by atoms with Gasteiger partial charge in [0.15, 0.2) is 4.34 Å². The third-order valence-electron chi connectivity index (χ3n) is 1.35. The van der Waals surface area contributed by atoms with Gasteiger partial charge in [-0.2, -0.15) is 4.37 Å². The second-order valence-corrected chi connectivity index (χ2v) is 4.60. The summed E-state index contributed by atoms with van der Waals surface area (Å²) in [4.78, 5) is 15.1. The lowest BCUT2D eigenvalue weighted by atomic mass is 10.5. The third-order valence-corrected chi connectivity index (χ3v) is 3.27. The van der Waals surface area contributed by atoms with Gasteiger partial charge in [-0.3, -0.25) is 4.79 Å². The highest BCUT2D eigenvalue weighted by Gasteiger charge is 2.04. The molecule has 1 aromatic rings. The molecule has 1 rings (SSSR count). The van der Waals surface area contributed by atoms with Crippen LogP contribution in [-0.4, -0.2) is 27.7 Å². The van der Waals surface area contributed by atoms with Crippen LogP contribution in [0.5, 0.6) is 0 Å². The molecule has 4 nitrogen and oxygen atoms in total. The number of aromatic nitrogens is 2. The third kappa shape index (κ3) is 4.06. The maximum Gasteiger partial charge on any atom is 0.306 e. The lowest BCUT2D eigenvalue weighted by molar-refractivity contribution is -0.142. The summed E-state index contributed by atoms with van der Waals surface area (Å²) in [7, 11) is 0. The number of thioether (sulfide) groups is 1. The Morgan fingerprint density at radius 2 is 2.43 bits per heavy atom. The topological polar surface area (TPSA) is 52.1 Å². The van der Waals surface area contributed by atoms with Crippen LogP contribution in [0.3, 0.4) is 0 Å². The SMILES string of the molecule is CCOC(=O)CCSc1nc(C)ns1. The first kappa shape index (κ1) is 11.5. The number of carbonyl (C=O) groups excluding carboxylic acids is 1. The summed E-state index contributed by atoms with van der Waals surface area (Å²) in [5.74, 6) is 1.34. The van der Waals surface area contributed by atoms with Crippen LogP contribution in [0.4, 0.5) is 0 Å². The van der Waals surface area contributed by atoms with Crippen LogP contribution < -0.4 is 0 Å². The molecule has 0 aliphatic carbocycles. The van der Waals surface area contributed by atoms with Crippen LogP contribution in [0.2, 0.25) is 0 Å². The van der Waals surface area contributed by atoms with Gasteiger partial charge in [0, 0.05) is 5.75 Å². The average Bonchev–Trinajstić information content (AvgIpc) is 2.52. The van der Waals surface area contributed by atoms with Crippen LogP contribution >= 0.6 is 23.3 Å². The predicted molar refractivity (Wildman–Crippen MR) is 56.6 cm³/mol. The normalized spacial score (nSPS) is 10.1. The number of rotatable bonds is 5. The maximum absolute atomic E-state index is 11.0. The molecular weight excluding hydrogens is 220 g/mol. The zero-order valence-corrected chi connectivity index (χ0v) is 9.78. The molecule has 0 unspecified atom stereocenters. The second kappa shape index (κ2) is 5.98. The van der Waals surface area contributed by atoms with Crippen LogP contribution in [0.25, 0.3) is 0 Å². The zero-order valence-electron chi connectivity index (χ0n) is 8.15. The van der Waals surface area contributed by atoms with E-state index in [9.17, 15) is 4.79 Å². The molecule has 0 aliphatic rings. The van der Waals surface area contributed by atoms with E-state index in [1.807, 2.05) is 6.92 Å². The fourth-order valence-electron chi connectivity index (χ4n) is 0.791. The highest BCUT2D eigenvalue weighted by atomic mass is 32.2. The molecule has 0 amide bonds. The molecule has 0 saturated heterocycles. The summed E-state index contributed by atoms with van der Waals surface area (Å²) in [6.07, 6.45) is 0.428. The van der Waals surface area contributed by atoms with Gasteiger partial charge in [-0.25, -0.2) is 4.98 Å². The largest absolute Gasteiger partial charge is 0.466 e. The second-order valence-electron chi connectivity index (χ2n) is 2.51. The Balaban J connectivity index is 2.18. The van der Waals surface area contributed by atoms with Gasteiger partial charge in [-0.05, 0) is 25.4 Å². The Labute approximate surface area is 91.2 Å². The van der Waals surface area contributed by atoms with Crippen molar-refractivity contribution in [2.45, 2.75) is 24.6 Å². The smallest absolute Gasteiger partial charge is 0.306 e. The van der Waals surface area contributed by atoms with Crippen molar-refractivity contribution in [2.24, 2.45) is 0 Å². The van der Waals surface area contributed by atoms with Crippen molar-refractivity contribution in [1.82, 2.24) is 9.36 Å². The number of hydrogen-bond acceptors (Lipinski definition) is 6.